The van der Waals surface area contributed by atoms with E-state index in [9.17, 15) is 22.8 Å². The molecule has 0 saturated carbocycles. The van der Waals surface area contributed by atoms with Crippen LogP contribution >= 0.6 is 46.1 Å². The zero-order chi connectivity index (χ0) is 26.3. The molecule has 36 heavy (non-hydrogen) atoms. The van der Waals surface area contributed by atoms with Crippen LogP contribution in [0, 0.1) is 12.5 Å². The summed E-state index contributed by atoms with van der Waals surface area (Å²) in [5.41, 5.74) is -1.46. The molecule has 1 N–H and O–H groups in total. The second-order valence-electron chi connectivity index (χ2n) is 8.42. The standard InChI is InChI=1S/C24H18Cl3F3N2O3S/c1-2-31-19(34)8-7-18(33)22-14-6-4-3-5-13(14)21(36-22)17-11-23(35-32-17,24(28,29)30)12-9-15(25)20(27)16(26)10-12/h1,9-10H,3-8,11H2,(H,31,34)/t23-/m0/s1. The highest BCUT2D eigenvalue weighted by Crippen LogP contribution is 2.51. The van der Waals surface area contributed by atoms with Gasteiger partial charge in [0, 0.05) is 24.4 Å². The number of nitrogens with one attached hydrogen (secondary N) is 1. The first-order chi connectivity index (χ1) is 17.0. The maximum Gasteiger partial charge on any atom is 0.435 e. The van der Waals surface area contributed by atoms with Crippen molar-refractivity contribution in [3.05, 3.63) is 53.6 Å². The molecule has 4 rings (SSSR count). The van der Waals surface area contributed by atoms with Crippen LogP contribution in [0.5, 0.6) is 0 Å². The normalized spacial score (nSPS) is 19.2. The fourth-order valence-corrected chi connectivity index (χ4v) is 6.33. The summed E-state index contributed by atoms with van der Waals surface area (Å²) in [7, 11) is 0. The van der Waals surface area contributed by atoms with E-state index in [1.807, 2.05) is 6.04 Å². The summed E-state index contributed by atoms with van der Waals surface area (Å²) in [5, 5.41) is 5.69. The van der Waals surface area contributed by atoms with Crippen LogP contribution in [0.25, 0.3) is 0 Å². The zero-order valence-electron chi connectivity index (χ0n) is 18.5. The van der Waals surface area contributed by atoms with Crippen LogP contribution in [0.1, 0.15) is 63.3 Å². The van der Waals surface area contributed by atoms with E-state index in [1.54, 1.807) is 0 Å². The maximum absolute atomic E-state index is 14.4. The number of carbonyl (C=O) groups excluding carboxylic acids is 2. The molecule has 0 bridgehead atoms. The van der Waals surface area contributed by atoms with Crippen LogP contribution in [-0.2, 0) is 28.1 Å². The summed E-state index contributed by atoms with van der Waals surface area (Å²) in [6.07, 6.45) is 2.27. The van der Waals surface area contributed by atoms with E-state index in [4.69, 9.17) is 46.1 Å². The molecule has 1 aromatic carbocycles. The Morgan fingerprint density at radius 1 is 1.14 bits per heavy atom. The average molecular weight is 578 g/mol. The van der Waals surface area contributed by atoms with Gasteiger partial charge in [-0.1, -0.05) is 46.4 Å². The van der Waals surface area contributed by atoms with Crippen LogP contribution in [0.15, 0.2) is 17.3 Å². The molecule has 0 saturated heterocycles. The minimum atomic E-state index is -4.86. The Labute approximate surface area is 223 Å². The molecular formula is C24H18Cl3F3N2O3S. The van der Waals surface area contributed by atoms with E-state index in [0.717, 1.165) is 47.4 Å². The van der Waals surface area contributed by atoms with E-state index in [1.165, 1.54) is 0 Å². The molecule has 0 spiro atoms. The first-order valence-corrected chi connectivity index (χ1v) is 12.8. The third-order valence-electron chi connectivity index (χ3n) is 6.16. The Hall–Kier alpha value is -2.25. The number of Topliss-reactive ketones (excluding diaryl/α,β-unsaturated/α-hetero) is 1. The molecule has 1 aliphatic carbocycles. The molecule has 190 valence electrons. The van der Waals surface area contributed by atoms with Crippen molar-refractivity contribution in [2.75, 3.05) is 0 Å². The maximum atomic E-state index is 14.4. The Morgan fingerprint density at radius 2 is 1.78 bits per heavy atom. The van der Waals surface area contributed by atoms with Crippen molar-refractivity contribution in [3.63, 3.8) is 0 Å². The van der Waals surface area contributed by atoms with Gasteiger partial charge >= 0.3 is 6.18 Å². The van der Waals surface area contributed by atoms with Gasteiger partial charge in [0.05, 0.1) is 31.2 Å². The number of halogens is 6. The molecule has 1 aliphatic heterocycles. The lowest BCUT2D eigenvalue weighted by Gasteiger charge is -2.30. The number of nitrogens with zero attached hydrogens (tertiary/aromatic N) is 1. The molecule has 5 nitrogen and oxygen atoms in total. The summed E-state index contributed by atoms with van der Waals surface area (Å²) < 4.78 is 43.3. The van der Waals surface area contributed by atoms with Gasteiger partial charge in [0.1, 0.15) is 5.71 Å². The lowest BCUT2D eigenvalue weighted by molar-refractivity contribution is -0.275. The number of hydrogen-bond acceptors (Lipinski definition) is 5. The van der Waals surface area contributed by atoms with Crippen molar-refractivity contribution >= 4 is 63.5 Å². The number of rotatable bonds is 6. The lowest BCUT2D eigenvalue weighted by atomic mass is 9.85. The molecule has 2 heterocycles. The summed E-state index contributed by atoms with van der Waals surface area (Å²) in [4.78, 5) is 30.7. The number of fused-ring (bicyclic) bond motifs is 1. The molecule has 0 unspecified atom stereocenters. The van der Waals surface area contributed by atoms with Crippen LogP contribution in [0.4, 0.5) is 13.2 Å². The largest absolute Gasteiger partial charge is 0.435 e. The number of alkyl halides is 3. The van der Waals surface area contributed by atoms with Crippen molar-refractivity contribution in [1.29, 1.82) is 0 Å². The van der Waals surface area contributed by atoms with Gasteiger partial charge in [-0.15, -0.1) is 11.3 Å². The van der Waals surface area contributed by atoms with Crippen LogP contribution in [0.3, 0.4) is 0 Å². The van der Waals surface area contributed by atoms with Crippen molar-refractivity contribution in [2.45, 2.75) is 56.7 Å². The fourth-order valence-electron chi connectivity index (χ4n) is 4.39. The highest BCUT2D eigenvalue weighted by molar-refractivity contribution is 7.16. The number of thiophene rings is 1. The number of amides is 1. The first-order valence-electron chi connectivity index (χ1n) is 10.9. The van der Waals surface area contributed by atoms with Crippen molar-refractivity contribution in [1.82, 2.24) is 5.32 Å². The van der Waals surface area contributed by atoms with E-state index >= 15 is 0 Å². The van der Waals surface area contributed by atoms with Gasteiger partial charge in [-0.2, -0.15) is 13.2 Å². The quantitative estimate of drug-likeness (QED) is 0.177. The number of ketones is 1. The smallest absolute Gasteiger partial charge is 0.374 e. The third-order valence-corrected chi connectivity index (χ3v) is 8.72. The van der Waals surface area contributed by atoms with Gasteiger partial charge in [0.2, 0.25) is 5.91 Å². The molecule has 2 aliphatic rings. The van der Waals surface area contributed by atoms with E-state index in [0.29, 0.717) is 22.6 Å². The Balaban J connectivity index is 1.69. The predicted octanol–water partition coefficient (Wildman–Crippen LogP) is 6.84. The van der Waals surface area contributed by atoms with Crippen molar-refractivity contribution in [2.24, 2.45) is 5.16 Å². The second-order valence-corrected chi connectivity index (χ2v) is 10.6. The van der Waals surface area contributed by atoms with E-state index in [-0.39, 0.29) is 45.0 Å². The predicted molar refractivity (Wildman–Crippen MR) is 133 cm³/mol. The average Bonchev–Trinajstić information content (AvgIpc) is 3.44. The SMILES string of the molecule is C#CNC(=O)CCC(=O)c1sc(C2=NO[C@@](c3cc(Cl)c(Cl)c(Cl)c3)(C(F)(F)F)C2)c2c1CCCC2. The van der Waals surface area contributed by atoms with Gasteiger partial charge in [0.15, 0.2) is 5.78 Å². The Kier molecular flexibility index (Phi) is 7.63. The number of hydrogen-bond donors (Lipinski definition) is 1. The van der Waals surface area contributed by atoms with Crippen LogP contribution in [-0.4, -0.2) is 23.6 Å². The van der Waals surface area contributed by atoms with Gasteiger partial charge in [-0.25, -0.2) is 0 Å². The second kappa shape index (κ2) is 10.3. The molecular weight excluding hydrogens is 560 g/mol. The number of carbonyl (C=O) groups is 2. The molecule has 1 aromatic heterocycles. The molecule has 0 radical (unpaired) electrons. The van der Waals surface area contributed by atoms with Crippen LogP contribution in [0.2, 0.25) is 15.1 Å². The lowest BCUT2D eigenvalue weighted by Crippen LogP contribution is -2.42. The monoisotopic (exact) mass is 576 g/mol. The van der Waals surface area contributed by atoms with Gasteiger partial charge in [0.25, 0.3) is 5.60 Å². The Bertz CT molecular complexity index is 1290. The summed E-state index contributed by atoms with van der Waals surface area (Å²) in [6.45, 7) is 0. The zero-order valence-corrected chi connectivity index (χ0v) is 21.6. The minimum absolute atomic E-state index is 0.0649. The van der Waals surface area contributed by atoms with Crippen molar-refractivity contribution < 1.29 is 27.6 Å². The van der Waals surface area contributed by atoms with Crippen molar-refractivity contribution in [3.8, 4) is 12.5 Å². The van der Waals surface area contributed by atoms with Crippen LogP contribution < -0.4 is 5.32 Å². The summed E-state index contributed by atoms with van der Waals surface area (Å²) in [5.74, 6) is -0.727. The van der Waals surface area contributed by atoms with Gasteiger partial charge < -0.3 is 4.84 Å². The number of terminal acetylenes is 1. The molecule has 1 amide bonds. The van der Waals surface area contributed by atoms with Gasteiger partial charge in [-0.3, -0.25) is 14.9 Å². The fraction of sp³-hybridized carbons (Fsp3) is 0.375. The minimum Gasteiger partial charge on any atom is -0.374 e. The molecule has 12 heteroatoms. The molecule has 1 atom stereocenters. The number of oxime groups is 1. The summed E-state index contributed by atoms with van der Waals surface area (Å²) >= 11 is 19.1. The van der Waals surface area contributed by atoms with E-state index in [2.05, 4.69) is 10.5 Å². The van der Waals surface area contributed by atoms with E-state index < -0.39 is 24.1 Å². The third kappa shape index (κ3) is 4.84. The Morgan fingerprint density at radius 3 is 2.39 bits per heavy atom. The molecule has 0 fully saturated rings. The first kappa shape index (κ1) is 26.8. The summed E-state index contributed by atoms with van der Waals surface area (Å²) in [6, 6.07) is 4.15. The van der Waals surface area contributed by atoms with Gasteiger partial charge in [-0.05, 0) is 48.9 Å². The highest BCUT2D eigenvalue weighted by Gasteiger charge is 2.62. The highest BCUT2D eigenvalue weighted by atomic mass is 35.5. The molecule has 2 aromatic rings. The topological polar surface area (TPSA) is 67.8 Å². The number of benzene rings is 1.